The Kier molecular flexibility index (Phi) is 4.91. The largest absolute Gasteiger partial charge is 0.282 e. The Morgan fingerprint density at radius 1 is 1.20 bits per heavy atom. The number of hydrogen-bond acceptors (Lipinski definition) is 2. The molecule has 0 aliphatic heterocycles. The zero-order valence-corrected chi connectivity index (χ0v) is 9.43. The van der Waals surface area contributed by atoms with Gasteiger partial charge in [-0.3, -0.25) is 4.79 Å². The highest BCUT2D eigenvalue weighted by atomic mass is 32.2. The molecule has 0 amide bonds. The summed E-state index contributed by atoms with van der Waals surface area (Å²) in [5.74, 6) is 0.660. The first-order valence-corrected chi connectivity index (χ1v) is 5.74. The summed E-state index contributed by atoms with van der Waals surface area (Å²) in [4.78, 5) is 11.6. The van der Waals surface area contributed by atoms with E-state index in [0.29, 0.717) is 5.75 Å². The van der Waals surface area contributed by atoms with Gasteiger partial charge in [0.25, 0.3) is 0 Å². The van der Waals surface area contributed by atoms with Crippen molar-refractivity contribution in [1.29, 1.82) is 0 Å². The van der Waals surface area contributed by atoms with E-state index in [-0.39, 0.29) is 5.12 Å². The van der Waals surface area contributed by atoms with Crippen LogP contribution in [0, 0.1) is 0 Å². The topological polar surface area (TPSA) is 17.1 Å². The van der Waals surface area contributed by atoms with Crippen LogP contribution in [0.15, 0.2) is 49.6 Å². The van der Waals surface area contributed by atoms with Gasteiger partial charge in [-0.05, 0) is 12.0 Å². The van der Waals surface area contributed by atoms with Crippen molar-refractivity contribution < 1.29 is 4.79 Å². The molecule has 2 heteroatoms. The second kappa shape index (κ2) is 6.25. The van der Waals surface area contributed by atoms with Gasteiger partial charge in [0.1, 0.15) is 0 Å². The van der Waals surface area contributed by atoms with Crippen molar-refractivity contribution in [2.45, 2.75) is 6.42 Å². The lowest BCUT2D eigenvalue weighted by Gasteiger charge is -2.00. The maximum Gasteiger partial charge on any atom is 0.219 e. The summed E-state index contributed by atoms with van der Waals surface area (Å²) in [7, 11) is 0. The normalized spacial score (nSPS) is 9.60. The average molecular weight is 218 g/mol. The van der Waals surface area contributed by atoms with Gasteiger partial charge in [-0.25, -0.2) is 0 Å². The molecule has 0 unspecified atom stereocenters. The monoisotopic (exact) mass is 218 g/mol. The van der Waals surface area contributed by atoms with Crippen molar-refractivity contribution in [2.24, 2.45) is 0 Å². The van der Waals surface area contributed by atoms with E-state index in [2.05, 4.69) is 13.2 Å². The van der Waals surface area contributed by atoms with Crippen LogP contribution in [0.4, 0.5) is 0 Å². The molecule has 0 atom stereocenters. The number of rotatable bonds is 5. The van der Waals surface area contributed by atoms with E-state index >= 15 is 0 Å². The Hall–Kier alpha value is -1.28. The second-order valence-corrected chi connectivity index (χ2v) is 4.07. The third-order valence-electron chi connectivity index (χ3n) is 1.90. The predicted octanol–water partition coefficient (Wildman–Crippen LogP) is 3.47. The Morgan fingerprint density at radius 3 is 2.40 bits per heavy atom. The van der Waals surface area contributed by atoms with E-state index in [1.54, 1.807) is 6.08 Å². The highest BCUT2D eigenvalue weighted by Crippen LogP contribution is 2.13. The SMILES string of the molecule is C=CCSC(=O)c1ccc(CC=C)cc1. The van der Waals surface area contributed by atoms with Crippen molar-refractivity contribution in [2.75, 3.05) is 5.75 Å². The molecule has 0 saturated heterocycles. The lowest BCUT2D eigenvalue weighted by Crippen LogP contribution is -1.94. The number of allylic oxidation sites excluding steroid dienone is 1. The summed E-state index contributed by atoms with van der Waals surface area (Å²) in [6.07, 6.45) is 4.42. The van der Waals surface area contributed by atoms with Gasteiger partial charge in [-0.1, -0.05) is 48.2 Å². The van der Waals surface area contributed by atoms with Crippen molar-refractivity contribution in [3.05, 3.63) is 60.7 Å². The van der Waals surface area contributed by atoms with Crippen LogP contribution in [0.2, 0.25) is 0 Å². The van der Waals surface area contributed by atoms with Crippen molar-refractivity contribution in [1.82, 2.24) is 0 Å². The molecule has 1 rings (SSSR count). The summed E-state index contributed by atoms with van der Waals surface area (Å²) < 4.78 is 0. The highest BCUT2D eigenvalue weighted by molar-refractivity contribution is 8.14. The van der Waals surface area contributed by atoms with E-state index in [1.165, 1.54) is 17.3 Å². The molecule has 1 nitrogen and oxygen atoms in total. The van der Waals surface area contributed by atoms with Crippen LogP contribution in [0.25, 0.3) is 0 Å². The summed E-state index contributed by atoms with van der Waals surface area (Å²) in [6, 6.07) is 7.64. The molecule has 0 aliphatic rings. The number of hydrogen-bond donors (Lipinski definition) is 0. The third-order valence-corrected chi connectivity index (χ3v) is 2.80. The molecule has 1 aromatic rings. The molecular weight excluding hydrogens is 204 g/mol. The molecule has 0 radical (unpaired) electrons. The predicted molar refractivity (Wildman–Crippen MR) is 67.3 cm³/mol. The molecule has 0 fully saturated rings. The summed E-state index contributed by atoms with van der Waals surface area (Å²) >= 11 is 1.27. The fraction of sp³-hybridized carbons (Fsp3) is 0.154. The van der Waals surface area contributed by atoms with Crippen molar-refractivity contribution >= 4 is 16.9 Å². The van der Waals surface area contributed by atoms with E-state index in [0.717, 1.165) is 12.0 Å². The Bertz CT molecular complexity index is 351. The Labute approximate surface area is 94.9 Å². The molecule has 15 heavy (non-hydrogen) atoms. The Balaban J connectivity index is 2.66. The van der Waals surface area contributed by atoms with E-state index < -0.39 is 0 Å². The van der Waals surface area contributed by atoms with Gasteiger partial charge in [0.05, 0.1) is 0 Å². The van der Waals surface area contributed by atoms with E-state index in [4.69, 9.17) is 0 Å². The van der Waals surface area contributed by atoms with Crippen LogP contribution >= 0.6 is 11.8 Å². The highest BCUT2D eigenvalue weighted by Gasteiger charge is 2.04. The first kappa shape index (κ1) is 11.8. The Morgan fingerprint density at radius 2 is 1.87 bits per heavy atom. The van der Waals surface area contributed by atoms with Gasteiger partial charge in [0.2, 0.25) is 5.12 Å². The molecule has 0 saturated carbocycles. The first-order valence-electron chi connectivity index (χ1n) is 4.75. The number of carbonyl (C=O) groups excluding carboxylic acids is 1. The van der Waals surface area contributed by atoms with E-state index in [1.807, 2.05) is 30.3 Å². The lowest BCUT2D eigenvalue weighted by molar-refractivity contribution is 0.108. The maximum absolute atomic E-state index is 11.6. The van der Waals surface area contributed by atoms with Crippen molar-refractivity contribution in [3.63, 3.8) is 0 Å². The average Bonchev–Trinajstić information content (AvgIpc) is 2.27. The van der Waals surface area contributed by atoms with Crippen LogP contribution in [-0.4, -0.2) is 10.9 Å². The van der Waals surface area contributed by atoms with Gasteiger partial charge in [-0.15, -0.1) is 13.2 Å². The molecule has 0 aliphatic carbocycles. The van der Waals surface area contributed by atoms with Crippen molar-refractivity contribution in [3.8, 4) is 0 Å². The smallest absolute Gasteiger partial charge is 0.219 e. The molecule has 0 spiro atoms. The first-order chi connectivity index (χ1) is 7.27. The van der Waals surface area contributed by atoms with Crippen LogP contribution in [0.1, 0.15) is 15.9 Å². The number of benzene rings is 1. The van der Waals surface area contributed by atoms with Crippen LogP contribution < -0.4 is 0 Å². The zero-order valence-electron chi connectivity index (χ0n) is 8.61. The second-order valence-electron chi connectivity index (χ2n) is 3.08. The lowest BCUT2D eigenvalue weighted by atomic mass is 10.1. The molecule has 0 heterocycles. The summed E-state index contributed by atoms with van der Waals surface area (Å²) in [5, 5.41) is 0.0973. The van der Waals surface area contributed by atoms with Gasteiger partial charge in [-0.2, -0.15) is 0 Å². The van der Waals surface area contributed by atoms with E-state index in [9.17, 15) is 4.79 Å². The molecule has 0 N–H and O–H groups in total. The maximum atomic E-state index is 11.6. The molecule has 0 bridgehead atoms. The fourth-order valence-electron chi connectivity index (χ4n) is 1.16. The zero-order chi connectivity index (χ0) is 11.1. The fourth-order valence-corrected chi connectivity index (χ4v) is 1.73. The van der Waals surface area contributed by atoms with Crippen LogP contribution in [0.5, 0.6) is 0 Å². The van der Waals surface area contributed by atoms with Gasteiger partial charge in [0.15, 0.2) is 0 Å². The summed E-state index contributed by atoms with van der Waals surface area (Å²) in [6.45, 7) is 7.25. The van der Waals surface area contributed by atoms with Crippen LogP contribution in [0.3, 0.4) is 0 Å². The number of thioether (sulfide) groups is 1. The molecular formula is C13H14OS. The minimum absolute atomic E-state index is 0.0973. The quantitative estimate of drug-likeness (QED) is 0.704. The van der Waals surface area contributed by atoms with Crippen LogP contribution in [-0.2, 0) is 6.42 Å². The summed E-state index contributed by atoms with van der Waals surface area (Å²) in [5.41, 5.74) is 1.92. The molecule has 0 aromatic heterocycles. The van der Waals surface area contributed by atoms with Gasteiger partial charge in [0, 0.05) is 11.3 Å². The standard InChI is InChI=1S/C13H14OS/c1-3-5-11-6-8-12(9-7-11)13(14)15-10-4-2/h3-4,6-9H,1-2,5,10H2. The van der Waals surface area contributed by atoms with Gasteiger partial charge < -0.3 is 0 Å². The minimum atomic E-state index is 0.0973. The molecule has 1 aromatic carbocycles. The third kappa shape index (κ3) is 3.76. The van der Waals surface area contributed by atoms with Gasteiger partial charge >= 0.3 is 0 Å². The molecule has 78 valence electrons. The minimum Gasteiger partial charge on any atom is -0.282 e. The number of carbonyl (C=O) groups is 1.